The van der Waals surface area contributed by atoms with Crippen LogP contribution in [0.3, 0.4) is 0 Å². The van der Waals surface area contributed by atoms with Crippen LogP contribution in [0.1, 0.15) is 62.9 Å². The van der Waals surface area contributed by atoms with E-state index in [0.717, 1.165) is 28.1 Å². The third-order valence-corrected chi connectivity index (χ3v) is 8.35. The van der Waals surface area contributed by atoms with Gasteiger partial charge in [-0.25, -0.2) is 4.68 Å². The lowest BCUT2D eigenvalue weighted by atomic mass is 9.76. The summed E-state index contributed by atoms with van der Waals surface area (Å²) in [4.78, 5) is 21.2. The highest BCUT2D eigenvalue weighted by molar-refractivity contribution is 6.35. The number of anilines is 2. The third kappa shape index (κ3) is 5.21. The monoisotopic (exact) mass is 593 g/mol. The largest absolute Gasteiger partial charge is 0.383 e. The number of carbonyl (C=O) groups is 1. The standard InChI is InChI=1S/C32H32ClN9O/c1-31(2,3)18-38-27-20(14-34)16-37-28-24(27)12-21(13-25(28)33)39-29(23-7-4-6-19-15-36-11-8-22(19)23)26-17-42(41-40-26)32(30(35)43)9-5-10-32/h4,6-8,11-13,15-17,29,39H,5,9-10,18H2,1-3H3,(H2,35,43)(H,37,38). The predicted octanol–water partition coefficient (Wildman–Crippen LogP) is 5.92. The number of nitrogens with zero attached hydrogens (tertiary/aromatic N) is 6. The number of fused-ring (bicyclic) bond motifs is 2. The summed E-state index contributed by atoms with van der Waals surface area (Å²) in [6, 6.07) is 13.5. The number of primary amides is 1. The minimum atomic E-state index is -0.863. The number of nitrogens with one attached hydrogen (secondary N) is 2. The van der Waals surface area contributed by atoms with Gasteiger partial charge in [0, 0.05) is 41.6 Å². The van der Waals surface area contributed by atoms with Crippen LogP contribution in [0.15, 0.2) is 61.2 Å². The average molecular weight is 594 g/mol. The van der Waals surface area contributed by atoms with Gasteiger partial charge in [0.25, 0.3) is 0 Å². The molecule has 1 aliphatic rings. The predicted molar refractivity (Wildman–Crippen MR) is 168 cm³/mol. The maximum absolute atomic E-state index is 12.4. The molecule has 43 heavy (non-hydrogen) atoms. The van der Waals surface area contributed by atoms with Crippen molar-refractivity contribution in [1.29, 1.82) is 5.26 Å². The molecule has 0 aliphatic heterocycles. The molecule has 0 bridgehead atoms. The second-order valence-corrected chi connectivity index (χ2v) is 12.7. The van der Waals surface area contributed by atoms with E-state index in [9.17, 15) is 10.1 Å². The molecule has 218 valence electrons. The minimum absolute atomic E-state index is 0.0230. The molecule has 1 aliphatic carbocycles. The van der Waals surface area contributed by atoms with Crippen LogP contribution in [0.5, 0.6) is 0 Å². The number of benzene rings is 2. The van der Waals surface area contributed by atoms with Crippen LogP contribution in [0.4, 0.5) is 11.4 Å². The number of pyridine rings is 2. The van der Waals surface area contributed by atoms with Gasteiger partial charge in [0.05, 0.1) is 34.0 Å². The van der Waals surface area contributed by atoms with Crippen molar-refractivity contribution >= 4 is 50.6 Å². The summed E-state index contributed by atoms with van der Waals surface area (Å²) < 4.78 is 1.61. The summed E-state index contributed by atoms with van der Waals surface area (Å²) in [5.41, 5.74) is 8.90. The van der Waals surface area contributed by atoms with Crippen molar-refractivity contribution in [2.24, 2.45) is 11.1 Å². The lowest BCUT2D eigenvalue weighted by molar-refractivity contribution is -0.131. The molecule has 3 heterocycles. The van der Waals surface area contributed by atoms with Crippen LogP contribution in [0.2, 0.25) is 5.02 Å². The SMILES string of the molecule is CC(C)(C)CNc1c(C#N)cnc2c(Cl)cc(NC(c3cn(C4(C(N)=O)CCC4)nn3)c3cccc4cnccc34)cc12. The first-order valence-electron chi connectivity index (χ1n) is 14.2. The molecule has 1 fully saturated rings. The van der Waals surface area contributed by atoms with E-state index in [1.807, 2.05) is 42.6 Å². The smallest absolute Gasteiger partial charge is 0.245 e. The minimum Gasteiger partial charge on any atom is -0.383 e. The fraction of sp³-hybridized carbons (Fsp3) is 0.312. The second kappa shape index (κ2) is 10.8. The van der Waals surface area contributed by atoms with E-state index < -0.39 is 17.5 Å². The van der Waals surface area contributed by atoms with Gasteiger partial charge in [-0.05, 0) is 53.8 Å². The topological polar surface area (TPSA) is 147 Å². The van der Waals surface area contributed by atoms with Gasteiger partial charge in [0.1, 0.15) is 17.3 Å². The fourth-order valence-corrected chi connectivity index (χ4v) is 5.84. The number of nitriles is 1. The van der Waals surface area contributed by atoms with Crippen molar-refractivity contribution in [3.8, 4) is 6.07 Å². The quantitative estimate of drug-likeness (QED) is 0.201. The molecular weight excluding hydrogens is 562 g/mol. The molecule has 1 saturated carbocycles. The molecule has 0 spiro atoms. The Bertz CT molecular complexity index is 1890. The number of hydrogen-bond acceptors (Lipinski definition) is 8. The number of halogens is 1. The summed E-state index contributed by atoms with van der Waals surface area (Å²) in [6.45, 7) is 7.02. The van der Waals surface area contributed by atoms with Gasteiger partial charge in [-0.15, -0.1) is 5.10 Å². The Hall–Kier alpha value is -4.75. The van der Waals surface area contributed by atoms with E-state index in [1.165, 1.54) is 0 Å². The van der Waals surface area contributed by atoms with Gasteiger partial charge in [-0.3, -0.25) is 14.8 Å². The van der Waals surface area contributed by atoms with E-state index >= 15 is 0 Å². The van der Waals surface area contributed by atoms with Crippen LogP contribution in [0, 0.1) is 16.7 Å². The Balaban J connectivity index is 1.49. The van der Waals surface area contributed by atoms with Gasteiger partial charge in [0.15, 0.2) is 0 Å². The molecule has 11 heteroatoms. The van der Waals surface area contributed by atoms with Crippen LogP contribution in [-0.2, 0) is 10.3 Å². The van der Waals surface area contributed by atoms with Crippen LogP contribution < -0.4 is 16.4 Å². The normalized spacial score (nSPS) is 15.0. The number of hydrogen-bond donors (Lipinski definition) is 3. The zero-order valence-electron chi connectivity index (χ0n) is 24.2. The van der Waals surface area contributed by atoms with Crippen molar-refractivity contribution in [2.75, 3.05) is 17.2 Å². The summed E-state index contributed by atoms with van der Waals surface area (Å²) in [7, 11) is 0. The molecule has 3 aromatic heterocycles. The van der Waals surface area contributed by atoms with E-state index in [0.29, 0.717) is 52.6 Å². The van der Waals surface area contributed by atoms with E-state index in [2.05, 4.69) is 57.8 Å². The molecule has 10 nitrogen and oxygen atoms in total. The first kappa shape index (κ1) is 28.4. The van der Waals surface area contributed by atoms with E-state index in [4.69, 9.17) is 17.3 Å². The van der Waals surface area contributed by atoms with Gasteiger partial charge >= 0.3 is 0 Å². The number of carbonyl (C=O) groups excluding carboxylic acids is 1. The van der Waals surface area contributed by atoms with Gasteiger partial charge in [-0.2, -0.15) is 5.26 Å². The van der Waals surface area contributed by atoms with Crippen molar-refractivity contribution < 1.29 is 4.79 Å². The van der Waals surface area contributed by atoms with E-state index in [-0.39, 0.29) is 5.41 Å². The molecule has 4 N–H and O–H groups in total. The Morgan fingerprint density at radius 1 is 1.21 bits per heavy atom. The van der Waals surface area contributed by atoms with Crippen molar-refractivity contribution in [3.05, 3.63) is 83.0 Å². The molecule has 1 atom stereocenters. The lowest BCUT2D eigenvalue weighted by Crippen LogP contribution is -2.51. The Morgan fingerprint density at radius 3 is 2.72 bits per heavy atom. The molecule has 2 aromatic carbocycles. The summed E-state index contributed by atoms with van der Waals surface area (Å²) in [6.07, 6.45) is 9.08. The number of nitrogens with two attached hydrogens (primary N) is 1. The Morgan fingerprint density at radius 2 is 2.02 bits per heavy atom. The summed E-state index contributed by atoms with van der Waals surface area (Å²) >= 11 is 6.81. The highest BCUT2D eigenvalue weighted by atomic mass is 35.5. The second-order valence-electron chi connectivity index (χ2n) is 12.3. The third-order valence-electron chi connectivity index (χ3n) is 8.06. The molecular formula is C32H32ClN9O. The Labute approximate surface area is 254 Å². The summed E-state index contributed by atoms with van der Waals surface area (Å²) in [5, 5.41) is 29.0. The first-order chi connectivity index (χ1) is 20.6. The van der Waals surface area contributed by atoms with E-state index in [1.54, 1.807) is 23.3 Å². The zero-order chi connectivity index (χ0) is 30.4. The molecule has 1 unspecified atom stereocenters. The van der Waals surface area contributed by atoms with Crippen molar-refractivity contribution in [3.63, 3.8) is 0 Å². The van der Waals surface area contributed by atoms with Gasteiger partial charge < -0.3 is 16.4 Å². The van der Waals surface area contributed by atoms with Crippen LogP contribution in [-0.4, -0.2) is 37.4 Å². The fourth-order valence-electron chi connectivity index (χ4n) is 5.57. The first-order valence-corrected chi connectivity index (χ1v) is 14.6. The summed E-state index contributed by atoms with van der Waals surface area (Å²) in [5.74, 6) is -0.409. The van der Waals surface area contributed by atoms with Crippen LogP contribution in [0.25, 0.3) is 21.7 Å². The maximum Gasteiger partial charge on any atom is 0.245 e. The van der Waals surface area contributed by atoms with Crippen molar-refractivity contribution in [2.45, 2.75) is 51.6 Å². The number of rotatable bonds is 8. The van der Waals surface area contributed by atoms with Crippen molar-refractivity contribution in [1.82, 2.24) is 25.0 Å². The Kier molecular flexibility index (Phi) is 7.14. The molecule has 5 aromatic rings. The number of amides is 1. The highest BCUT2D eigenvalue weighted by Gasteiger charge is 2.46. The molecule has 1 amide bonds. The van der Waals surface area contributed by atoms with Crippen LogP contribution >= 0.6 is 11.6 Å². The maximum atomic E-state index is 12.4. The van der Waals surface area contributed by atoms with Gasteiger partial charge in [-0.1, -0.05) is 55.8 Å². The lowest BCUT2D eigenvalue weighted by Gasteiger charge is -2.38. The average Bonchev–Trinajstić information content (AvgIpc) is 3.43. The molecule has 6 rings (SSSR count). The molecule has 0 saturated heterocycles. The zero-order valence-corrected chi connectivity index (χ0v) is 25.0. The molecule has 0 radical (unpaired) electrons. The number of aromatic nitrogens is 5. The highest BCUT2D eigenvalue weighted by Crippen LogP contribution is 2.40. The van der Waals surface area contributed by atoms with Gasteiger partial charge in [0.2, 0.25) is 5.91 Å².